The zero-order valence-electron chi connectivity index (χ0n) is 12.6. The number of nitrogens with zero attached hydrogens (tertiary/aromatic N) is 2. The average Bonchev–Trinajstić information content (AvgIpc) is 2.48. The van der Waals surface area contributed by atoms with Crippen molar-refractivity contribution in [2.24, 2.45) is 5.14 Å². The first kappa shape index (κ1) is 15.4. The van der Waals surface area contributed by atoms with Gasteiger partial charge in [0.05, 0.1) is 21.5 Å². The smallest absolute Gasteiger partial charge is 0.266 e. The molecule has 6 nitrogen and oxygen atoms in total. The Balaban J connectivity index is 2.41. The maximum absolute atomic E-state index is 12.9. The molecule has 0 fully saturated rings. The Morgan fingerprint density at radius 1 is 1.09 bits per heavy atom. The quantitative estimate of drug-likeness (QED) is 0.773. The van der Waals surface area contributed by atoms with E-state index in [1.807, 2.05) is 31.2 Å². The molecule has 0 spiro atoms. The topological polar surface area (TPSA) is 95.1 Å². The summed E-state index contributed by atoms with van der Waals surface area (Å²) in [6.07, 6.45) is 0. The van der Waals surface area contributed by atoms with Crippen LogP contribution in [0.2, 0.25) is 0 Å². The number of sulfonamides is 1. The fourth-order valence-corrected chi connectivity index (χ4v) is 3.09. The van der Waals surface area contributed by atoms with E-state index >= 15 is 0 Å². The lowest BCUT2D eigenvalue weighted by Gasteiger charge is -2.13. The van der Waals surface area contributed by atoms with Gasteiger partial charge in [-0.05, 0) is 43.7 Å². The molecule has 0 amide bonds. The average molecular weight is 329 g/mol. The largest absolute Gasteiger partial charge is 0.268 e. The predicted octanol–water partition coefficient (Wildman–Crippen LogP) is 1.65. The Kier molecular flexibility index (Phi) is 3.54. The second-order valence-corrected chi connectivity index (χ2v) is 6.87. The molecule has 2 aromatic carbocycles. The second kappa shape index (κ2) is 5.29. The van der Waals surface area contributed by atoms with Crippen LogP contribution in [0.3, 0.4) is 0 Å². The molecule has 0 radical (unpaired) electrons. The van der Waals surface area contributed by atoms with Crippen molar-refractivity contribution in [3.63, 3.8) is 0 Å². The van der Waals surface area contributed by atoms with Crippen LogP contribution in [0.4, 0.5) is 0 Å². The maximum atomic E-state index is 12.9. The number of para-hydroxylation sites is 1. The molecule has 0 aliphatic carbocycles. The molecule has 118 valence electrons. The lowest BCUT2D eigenvalue weighted by atomic mass is 10.2. The van der Waals surface area contributed by atoms with Crippen LogP contribution in [-0.4, -0.2) is 18.0 Å². The van der Waals surface area contributed by atoms with Gasteiger partial charge in [0, 0.05) is 0 Å². The molecule has 0 aliphatic rings. The van der Waals surface area contributed by atoms with E-state index in [0.717, 1.165) is 5.56 Å². The molecular weight excluding hydrogens is 314 g/mol. The molecule has 0 atom stereocenters. The van der Waals surface area contributed by atoms with Gasteiger partial charge in [-0.3, -0.25) is 9.36 Å². The second-order valence-electron chi connectivity index (χ2n) is 5.31. The van der Waals surface area contributed by atoms with Crippen LogP contribution in [0.1, 0.15) is 11.4 Å². The zero-order valence-corrected chi connectivity index (χ0v) is 13.5. The van der Waals surface area contributed by atoms with Crippen molar-refractivity contribution < 1.29 is 8.42 Å². The number of hydrogen-bond acceptors (Lipinski definition) is 4. The number of primary sulfonamides is 1. The van der Waals surface area contributed by atoms with E-state index in [1.165, 1.54) is 22.8 Å². The summed E-state index contributed by atoms with van der Waals surface area (Å²) in [6, 6.07) is 11.5. The van der Waals surface area contributed by atoms with Gasteiger partial charge in [0.1, 0.15) is 5.82 Å². The summed E-state index contributed by atoms with van der Waals surface area (Å²) in [7, 11) is -3.88. The maximum Gasteiger partial charge on any atom is 0.266 e. The minimum Gasteiger partial charge on any atom is -0.268 e. The van der Waals surface area contributed by atoms with E-state index < -0.39 is 10.0 Å². The summed E-state index contributed by atoms with van der Waals surface area (Å²) >= 11 is 0. The molecule has 0 unspecified atom stereocenters. The van der Waals surface area contributed by atoms with E-state index in [2.05, 4.69) is 4.98 Å². The first-order valence-electron chi connectivity index (χ1n) is 6.91. The zero-order chi connectivity index (χ0) is 16.8. The molecule has 7 heteroatoms. The van der Waals surface area contributed by atoms with Gasteiger partial charge in [0.15, 0.2) is 0 Å². The van der Waals surface area contributed by atoms with E-state index in [4.69, 9.17) is 5.14 Å². The normalized spacial score (nSPS) is 11.8. The molecule has 23 heavy (non-hydrogen) atoms. The van der Waals surface area contributed by atoms with Crippen LogP contribution in [-0.2, 0) is 10.0 Å². The number of aryl methyl sites for hydroxylation is 2. The van der Waals surface area contributed by atoms with Crippen LogP contribution in [0.5, 0.6) is 0 Å². The fourth-order valence-electron chi connectivity index (χ4n) is 2.55. The molecule has 0 bridgehead atoms. The summed E-state index contributed by atoms with van der Waals surface area (Å²) < 4.78 is 24.5. The van der Waals surface area contributed by atoms with Gasteiger partial charge in [-0.15, -0.1) is 0 Å². The lowest BCUT2D eigenvalue weighted by Crippen LogP contribution is -2.23. The van der Waals surface area contributed by atoms with E-state index in [0.29, 0.717) is 17.0 Å². The Hall–Kier alpha value is -2.51. The molecule has 2 N–H and O–H groups in total. The number of nitrogens with two attached hydrogens (primary N) is 1. The molecule has 1 aromatic heterocycles. The third-order valence-electron chi connectivity index (χ3n) is 3.69. The summed E-state index contributed by atoms with van der Waals surface area (Å²) in [5.41, 5.74) is 1.74. The highest BCUT2D eigenvalue weighted by atomic mass is 32.2. The van der Waals surface area contributed by atoms with Crippen LogP contribution in [0, 0.1) is 13.8 Å². The Morgan fingerprint density at radius 2 is 1.78 bits per heavy atom. The molecule has 1 heterocycles. The molecule has 3 rings (SSSR count). The van der Waals surface area contributed by atoms with Crippen molar-refractivity contribution in [2.75, 3.05) is 0 Å². The van der Waals surface area contributed by atoms with Crippen molar-refractivity contribution in [3.05, 3.63) is 64.2 Å². The molecule has 0 saturated carbocycles. The highest BCUT2D eigenvalue weighted by Crippen LogP contribution is 2.18. The Bertz CT molecular complexity index is 1090. The van der Waals surface area contributed by atoms with E-state index in [1.54, 1.807) is 6.92 Å². The minimum atomic E-state index is -3.88. The van der Waals surface area contributed by atoms with Crippen LogP contribution in [0.15, 0.2) is 52.2 Å². The fraction of sp³-hybridized carbons (Fsp3) is 0.125. The Labute approximate surface area is 133 Å². The lowest BCUT2D eigenvalue weighted by molar-refractivity contribution is 0.598. The summed E-state index contributed by atoms with van der Waals surface area (Å²) in [6.45, 7) is 3.63. The van der Waals surface area contributed by atoms with Gasteiger partial charge in [0.25, 0.3) is 5.56 Å². The van der Waals surface area contributed by atoms with Crippen molar-refractivity contribution in [3.8, 4) is 5.69 Å². The van der Waals surface area contributed by atoms with Crippen molar-refractivity contribution in [1.82, 2.24) is 9.55 Å². The summed E-state index contributed by atoms with van der Waals surface area (Å²) in [4.78, 5) is 17.2. The Morgan fingerprint density at radius 3 is 2.43 bits per heavy atom. The predicted molar refractivity (Wildman–Crippen MR) is 88.2 cm³/mol. The number of hydrogen-bond donors (Lipinski definition) is 1. The van der Waals surface area contributed by atoms with Gasteiger partial charge in [-0.2, -0.15) is 0 Å². The van der Waals surface area contributed by atoms with Gasteiger partial charge < -0.3 is 0 Å². The highest BCUT2D eigenvalue weighted by Gasteiger charge is 2.14. The van der Waals surface area contributed by atoms with Crippen molar-refractivity contribution >= 4 is 20.9 Å². The standard InChI is InChI=1S/C16H15N3O3S/c1-10-5-3-4-6-15(10)19-11(2)18-14-8-7-12(23(17,21)22)9-13(14)16(19)20/h3-9H,1-2H3,(H2,17,21,22). The molecule has 3 aromatic rings. The van der Waals surface area contributed by atoms with Crippen LogP contribution >= 0.6 is 0 Å². The number of aromatic nitrogens is 2. The number of benzene rings is 2. The van der Waals surface area contributed by atoms with Crippen LogP contribution < -0.4 is 10.7 Å². The van der Waals surface area contributed by atoms with Gasteiger partial charge in [0.2, 0.25) is 10.0 Å². The molecule has 0 saturated heterocycles. The van der Waals surface area contributed by atoms with Gasteiger partial charge >= 0.3 is 0 Å². The van der Waals surface area contributed by atoms with Gasteiger partial charge in [-0.25, -0.2) is 18.5 Å². The molecule has 0 aliphatic heterocycles. The summed E-state index contributed by atoms with van der Waals surface area (Å²) in [5.74, 6) is 0.528. The third kappa shape index (κ3) is 2.64. The van der Waals surface area contributed by atoms with E-state index in [9.17, 15) is 13.2 Å². The number of rotatable bonds is 2. The third-order valence-corrected chi connectivity index (χ3v) is 4.60. The van der Waals surface area contributed by atoms with Crippen molar-refractivity contribution in [1.29, 1.82) is 0 Å². The summed E-state index contributed by atoms with van der Waals surface area (Å²) in [5, 5.41) is 5.36. The highest BCUT2D eigenvalue weighted by molar-refractivity contribution is 7.89. The molecular formula is C16H15N3O3S. The monoisotopic (exact) mass is 329 g/mol. The van der Waals surface area contributed by atoms with E-state index in [-0.39, 0.29) is 15.8 Å². The van der Waals surface area contributed by atoms with Gasteiger partial charge in [-0.1, -0.05) is 18.2 Å². The SMILES string of the molecule is Cc1ccccc1-n1c(C)nc2ccc(S(N)(=O)=O)cc2c1=O. The number of fused-ring (bicyclic) bond motifs is 1. The minimum absolute atomic E-state index is 0.107. The first-order chi connectivity index (χ1) is 10.8. The first-order valence-corrected chi connectivity index (χ1v) is 8.46. The van der Waals surface area contributed by atoms with Crippen molar-refractivity contribution in [2.45, 2.75) is 18.7 Å². The van der Waals surface area contributed by atoms with Crippen LogP contribution in [0.25, 0.3) is 16.6 Å².